The molecule has 0 spiro atoms. The van der Waals surface area contributed by atoms with Gasteiger partial charge in [-0.3, -0.25) is 0 Å². The van der Waals surface area contributed by atoms with Gasteiger partial charge < -0.3 is 4.42 Å². The normalized spacial score (nSPS) is 21.5. The number of hydrogen-bond donors (Lipinski definition) is 0. The van der Waals surface area contributed by atoms with Crippen LogP contribution in [0.1, 0.15) is 48.8 Å². The van der Waals surface area contributed by atoms with Crippen molar-refractivity contribution in [1.82, 2.24) is 9.97 Å². The molecule has 2 heterocycles. The highest BCUT2D eigenvalue weighted by Crippen LogP contribution is 2.65. The van der Waals surface area contributed by atoms with Crippen LogP contribution in [0.4, 0.5) is 5.69 Å². The molecule has 7 aromatic carbocycles. The number of para-hydroxylation sites is 1. The van der Waals surface area contributed by atoms with Gasteiger partial charge in [0.2, 0.25) is 0 Å². The summed E-state index contributed by atoms with van der Waals surface area (Å²) in [6, 6.07) is 57.5. The molecule has 4 aliphatic carbocycles. The molecule has 4 saturated carbocycles. The average molecular weight is 785 g/mol. The quantitative estimate of drug-likeness (QED) is 0.158. The van der Waals surface area contributed by atoms with Gasteiger partial charge in [-0.2, -0.15) is 5.26 Å². The second kappa shape index (κ2) is 13.9. The van der Waals surface area contributed by atoms with Crippen molar-refractivity contribution in [3.63, 3.8) is 0 Å². The number of benzene rings is 7. The topological polar surface area (TPSA) is 67.1 Å². The van der Waals surface area contributed by atoms with Gasteiger partial charge >= 0.3 is 0 Å². The van der Waals surface area contributed by atoms with Crippen molar-refractivity contribution in [1.29, 1.82) is 5.26 Å². The third-order valence-electron chi connectivity index (χ3n) is 14.4. The van der Waals surface area contributed by atoms with Crippen LogP contribution in [0.15, 0.2) is 162 Å². The van der Waals surface area contributed by atoms with Crippen molar-refractivity contribution in [2.24, 2.45) is 23.7 Å². The van der Waals surface area contributed by atoms with E-state index in [-0.39, 0.29) is 5.41 Å². The van der Waals surface area contributed by atoms with Crippen LogP contribution < -0.4 is 0 Å². The van der Waals surface area contributed by atoms with Gasteiger partial charge in [-0.05, 0) is 119 Å². The molecule has 0 aliphatic heterocycles. The maximum Gasteiger partial charge on any atom is 0.187 e. The second-order valence-electron chi connectivity index (χ2n) is 17.5. The van der Waals surface area contributed by atoms with Gasteiger partial charge in [0, 0.05) is 32.7 Å². The molecule has 61 heavy (non-hydrogen) atoms. The van der Waals surface area contributed by atoms with Crippen molar-refractivity contribution < 1.29 is 4.42 Å². The summed E-state index contributed by atoms with van der Waals surface area (Å²) in [5.74, 6) is 3.46. The number of fused-ring (bicyclic) bond motifs is 4. The van der Waals surface area contributed by atoms with Gasteiger partial charge in [0.05, 0.1) is 29.6 Å². The van der Waals surface area contributed by atoms with E-state index >= 15 is 0 Å². The number of aromatic nitrogens is 2. The Morgan fingerprint density at radius 3 is 1.90 bits per heavy atom. The Labute approximate surface area is 354 Å². The van der Waals surface area contributed by atoms with Gasteiger partial charge in [0.25, 0.3) is 0 Å². The van der Waals surface area contributed by atoms with Crippen molar-refractivity contribution in [2.45, 2.75) is 37.5 Å². The maximum atomic E-state index is 9.82. The standard InChI is InChI=1S/C56H40N4O/c1-58-44-10-4-8-38(31-44)51-32-50(59-55(60-51)49-15-7-17-53-54(49)48-11-2-3-16-52(48)61-53)37-20-24-41(25-21-37)56(42-27-34-26-35(29-42)30-43(56)28-34)40-22-18-36(19-23-40)45-12-6-13-46-39(33-57)9-5-14-47(45)46/h2-25,31-32,34-35,42-43H,26-30H2. The lowest BCUT2D eigenvalue weighted by Gasteiger charge is -2.62. The van der Waals surface area contributed by atoms with Crippen LogP contribution in [0.5, 0.6) is 0 Å². The summed E-state index contributed by atoms with van der Waals surface area (Å²) < 4.78 is 6.29. The highest BCUT2D eigenvalue weighted by Gasteiger charge is 2.58. The summed E-state index contributed by atoms with van der Waals surface area (Å²) in [5.41, 5.74) is 12.4. The van der Waals surface area contributed by atoms with Crippen LogP contribution in [-0.4, -0.2) is 9.97 Å². The van der Waals surface area contributed by atoms with E-state index in [0.717, 1.165) is 78.2 Å². The third kappa shape index (κ3) is 5.58. The fourth-order valence-corrected chi connectivity index (χ4v) is 12.1. The summed E-state index contributed by atoms with van der Waals surface area (Å²) >= 11 is 0. The smallest absolute Gasteiger partial charge is 0.187 e. The van der Waals surface area contributed by atoms with E-state index in [2.05, 4.69) is 102 Å². The van der Waals surface area contributed by atoms with Gasteiger partial charge in [-0.15, -0.1) is 0 Å². The zero-order valence-corrected chi connectivity index (χ0v) is 33.6. The summed E-state index contributed by atoms with van der Waals surface area (Å²) in [7, 11) is 0. The van der Waals surface area contributed by atoms with E-state index in [1.807, 2.05) is 66.7 Å². The Hall–Kier alpha value is -7.34. The van der Waals surface area contributed by atoms with Crippen molar-refractivity contribution in [3.05, 3.63) is 186 Å². The molecule has 4 fully saturated rings. The van der Waals surface area contributed by atoms with Crippen LogP contribution in [0.25, 0.3) is 82.6 Å². The van der Waals surface area contributed by atoms with Gasteiger partial charge in [-0.25, -0.2) is 14.8 Å². The molecule has 5 heteroatoms. The molecule has 2 aromatic heterocycles. The molecule has 9 aromatic rings. The average Bonchev–Trinajstić information content (AvgIpc) is 3.70. The number of furan rings is 1. The molecular formula is C56H40N4O. The Kier molecular flexibility index (Phi) is 8.09. The zero-order valence-electron chi connectivity index (χ0n) is 33.6. The monoisotopic (exact) mass is 784 g/mol. The van der Waals surface area contributed by atoms with Crippen LogP contribution >= 0.6 is 0 Å². The lowest BCUT2D eigenvalue weighted by atomic mass is 9.42. The van der Waals surface area contributed by atoms with Gasteiger partial charge in [-0.1, -0.05) is 127 Å². The van der Waals surface area contributed by atoms with E-state index in [1.165, 1.54) is 48.8 Å². The second-order valence-corrected chi connectivity index (χ2v) is 17.5. The lowest BCUT2D eigenvalue weighted by molar-refractivity contribution is -0.0418. The molecule has 4 bridgehead atoms. The molecule has 0 saturated heterocycles. The minimum atomic E-state index is -0.0720. The predicted molar refractivity (Wildman–Crippen MR) is 244 cm³/mol. The lowest BCUT2D eigenvalue weighted by Crippen LogP contribution is -2.56. The number of rotatable bonds is 6. The molecule has 4 aliphatic rings. The van der Waals surface area contributed by atoms with Crippen LogP contribution in [-0.2, 0) is 5.41 Å². The molecule has 0 unspecified atom stereocenters. The predicted octanol–water partition coefficient (Wildman–Crippen LogP) is 14.4. The molecule has 13 rings (SSSR count). The molecular weight excluding hydrogens is 745 g/mol. The molecule has 5 nitrogen and oxygen atoms in total. The molecule has 0 N–H and O–H groups in total. The highest BCUT2D eigenvalue weighted by atomic mass is 16.3. The summed E-state index contributed by atoms with van der Waals surface area (Å²) in [4.78, 5) is 14.2. The summed E-state index contributed by atoms with van der Waals surface area (Å²) in [6.07, 6.45) is 6.54. The van der Waals surface area contributed by atoms with E-state index in [9.17, 15) is 5.26 Å². The number of hydrogen-bond acceptors (Lipinski definition) is 4. The molecule has 0 atom stereocenters. The third-order valence-corrected chi connectivity index (χ3v) is 14.4. The Morgan fingerprint density at radius 2 is 1.16 bits per heavy atom. The maximum absolute atomic E-state index is 9.82. The van der Waals surface area contributed by atoms with E-state index in [1.54, 1.807) is 0 Å². The first kappa shape index (κ1) is 35.6. The highest BCUT2D eigenvalue weighted by molar-refractivity contribution is 6.11. The van der Waals surface area contributed by atoms with Crippen molar-refractivity contribution >= 4 is 38.4 Å². The Balaban J connectivity index is 0.985. The number of nitriles is 1. The van der Waals surface area contributed by atoms with E-state index in [4.69, 9.17) is 21.0 Å². The fraction of sp³-hybridized carbons (Fsp3) is 0.179. The van der Waals surface area contributed by atoms with Crippen LogP contribution in [0.3, 0.4) is 0 Å². The van der Waals surface area contributed by atoms with E-state index in [0.29, 0.717) is 28.9 Å². The summed E-state index contributed by atoms with van der Waals surface area (Å²) in [6.45, 7) is 7.71. The zero-order chi connectivity index (χ0) is 40.7. The first-order valence-electron chi connectivity index (χ1n) is 21.5. The minimum absolute atomic E-state index is 0.0720. The first-order valence-corrected chi connectivity index (χ1v) is 21.5. The van der Waals surface area contributed by atoms with Crippen molar-refractivity contribution in [2.75, 3.05) is 0 Å². The molecule has 0 amide bonds. The summed E-state index contributed by atoms with van der Waals surface area (Å²) in [5, 5.41) is 14.0. The van der Waals surface area contributed by atoms with Crippen LogP contribution in [0, 0.1) is 41.6 Å². The van der Waals surface area contributed by atoms with Crippen molar-refractivity contribution in [3.8, 4) is 51.1 Å². The van der Waals surface area contributed by atoms with E-state index < -0.39 is 0 Å². The molecule has 0 radical (unpaired) electrons. The largest absolute Gasteiger partial charge is 0.456 e. The number of nitrogens with zero attached hydrogens (tertiary/aromatic N) is 4. The fourth-order valence-electron chi connectivity index (χ4n) is 12.1. The van der Waals surface area contributed by atoms with Crippen LogP contribution in [0.2, 0.25) is 0 Å². The Bertz CT molecular complexity index is 3260. The SMILES string of the molecule is [C-]#[N+]c1cccc(-c2cc(-c3ccc(C4(c5ccc(-c6cccc7c(C#N)cccc67)cc5)C5CC6CC(C5)CC4C6)cc3)nc(-c3cccc4oc5ccccc5c34)n2)c1. The molecule has 290 valence electrons. The van der Waals surface area contributed by atoms with Gasteiger partial charge in [0.1, 0.15) is 11.2 Å². The van der Waals surface area contributed by atoms with Gasteiger partial charge in [0.15, 0.2) is 11.5 Å². The first-order chi connectivity index (χ1) is 30.1. The minimum Gasteiger partial charge on any atom is -0.456 e. The Morgan fingerprint density at radius 1 is 0.557 bits per heavy atom.